The molecule has 59 heteroatoms. The zero-order valence-electron chi connectivity index (χ0n) is 78.0. The average Bonchev–Trinajstić information content (AvgIpc) is 0.758. The minimum Gasteiger partial charge on any atom is -0.480 e. The Morgan fingerprint density at radius 1 is 0.338 bits per heavy atom. The predicted molar refractivity (Wildman–Crippen MR) is 464 cm³/mol. The van der Waals surface area contributed by atoms with Crippen molar-refractivity contribution in [3.8, 4) is 0 Å². The topological polar surface area (TPSA) is 951 Å². The van der Waals surface area contributed by atoms with Gasteiger partial charge in [-0.25, -0.2) is 0 Å². The molecule has 0 aromatic carbocycles. The Labute approximate surface area is 794 Å². The van der Waals surface area contributed by atoms with Gasteiger partial charge in [-0.15, -0.1) is 0 Å². The second kappa shape index (κ2) is 58.0. The van der Waals surface area contributed by atoms with E-state index in [1.54, 1.807) is 0 Å². The Balaban J connectivity index is 1.66. The molecule has 4 heterocycles. The molecule has 0 aliphatic carbocycles. The number of carbonyl (C=O) groups excluding carboxylic acids is 18. The standard InChI is InChI=1S/C80H134N20O39/c1-29(67(118)99-41(65(85)116)17-19-51(111)97-43(73(124)91-31(3)75(126)127)15-11-13-21-87-71(122)39(81)23-49(83)109)89-69(120)33(5)131-63-55(95-37(9)107)77(130)133-47(27-103)61(63)138-79-54(94-36(8)106)59(115)60(46(26-102)135-79)137-80-56(96-38(10)108)64(62(48(28-104)136-80)139-78-53(93-35(7)105)58(114)57(113)45(25-101)134-78)132-34(6)70(121)90-30(2)68(119)100-42(66(86)117)18-20-52(112)98-44(74(125)92-32(4)76(128)129)16-12-14-22-88-72(123)40(82)24-50(84)110/h29-34,39-48,53-64,77-80,101-104,113-115,130H,11-28,81-82H2,1-10H3,(H2,83,109)(H2,84,110)(H2,85,116)(H2,86,117)(H,87,122)(H,88,123)(H,89,120)(H,90,121)(H,91,124)(H,92,125)(H,93,105)(H,94,106)(H,95,107)(H,96,108)(H,97,111)(H,98,112)(H,99,118)(H,100,119)(H,126,127)(H,128,129). The number of amides is 18. The highest BCUT2D eigenvalue weighted by Crippen LogP contribution is 2.37. The molecular weight excluding hydrogens is 1860 g/mol. The molecule has 4 rings (SSSR count). The smallest absolute Gasteiger partial charge is 0.325 e. The first kappa shape index (κ1) is 120. The van der Waals surface area contributed by atoms with Gasteiger partial charge in [-0.05, 0) is 92.9 Å². The van der Waals surface area contributed by atoms with Crippen LogP contribution in [0.15, 0.2) is 0 Å². The van der Waals surface area contributed by atoms with Crippen molar-refractivity contribution in [2.75, 3.05) is 39.5 Å². The van der Waals surface area contributed by atoms with Crippen molar-refractivity contribution < 1.29 is 190 Å². The van der Waals surface area contributed by atoms with Crippen LogP contribution in [0.25, 0.3) is 0 Å². The lowest BCUT2D eigenvalue weighted by Gasteiger charge is -2.52. The number of nitrogens with one attached hydrogen (secondary N) is 14. The minimum atomic E-state index is -2.29. The van der Waals surface area contributed by atoms with Crippen molar-refractivity contribution in [2.45, 2.75) is 341 Å². The highest BCUT2D eigenvalue weighted by atomic mass is 16.8. The normalized spacial score (nSPS) is 27.1. The van der Waals surface area contributed by atoms with Crippen LogP contribution in [0.1, 0.15) is 146 Å². The molecular formula is C80H134N20O39. The van der Waals surface area contributed by atoms with E-state index in [1.165, 1.54) is 0 Å². The van der Waals surface area contributed by atoms with Gasteiger partial charge in [0.15, 0.2) is 25.2 Å². The molecule has 0 saturated carbocycles. The van der Waals surface area contributed by atoms with E-state index in [0.717, 1.165) is 69.2 Å². The van der Waals surface area contributed by atoms with E-state index < -0.39 is 378 Å². The van der Waals surface area contributed by atoms with Crippen molar-refractivity contribution in [3.05, 3.63) is 0 Å². The van der Waals surface area contributed by atoms with Crippen LogP contribution in [0.4, 0.5) is 0 Å². The van der Waals surface area contributed by atoms with Crippen LogP contribution in [0.5, 0.6) is 0 Å². The lowest BCUT2D eigenvalue weighted by atomic mass is 9.92. The van der Waals surface area contributed by atoms with Crippen molar-refractivity contribution in [1.82, 2.24) is 74.4 Å². The van der Waals surface area contributed by atoms with Gasteiger partial charge in [-0.3, -0.25) is 95.9 Å². The highest BCUT2D eigenvalue weighted by molar-refractivity contribution is 5.96. The molecule has 32 unspecified atom stereocenters. The molecule has 59 nitrogen and oxygen atoms in total. The van der Waals surface area contributed by atoms with Gasteiger partial charge in [0.2, 0.25) is 106 Å². The van der Waals surface area contributed by atoms with E-state index in [-0.39, 0.29) is 51.6 Å². The summed E-state index contributed by atoms with van der Waals surface area (Å²) in [6, 6.07) is -22.4. The number of rotatable bonds is 58. The molecule has 32 atom stereocenters. The van der Waals surface area contributed by atoms with Crippen molar-refractivity contribution in [2.24, 2.45) is 34.4 Å². The minimum absolute atomic E-state index is 0.00732. The number of hydrogen-bond acceptors (Lipinski definition) is 39. The number of unbranched alkanes of at least 4 members (excludes halogenated alkanes) is 2. The molecule has 4 aliphatic heterocycles. The third-order valence-corrected chi connectivity index (χ3v) is 22.1. The number of hydrogen-bond donors (Lipinski definition) is 30. The summed E-state index contributed by atoms with van der Waals surface area (Å²) >= 11 is 0. The molecule has 4 aliphatic rings. The van der Waals surface area contributed by atoms with Gasteiger partial charge in [-0.1, -0.05) is 0 Å². The lowest BCUT2D eigenvalue weighted by molar-refractivity contribution is -0.365. The number of aliphatic carboxylic acids is 2. The molecule has 4 fully saturated rings. The first-order valence-corrected chi connectivity index (χ1v) is 44.3. The third-order valence-electron chi connectivity index (χ3n) is 22.1. The maximum Gasteiger partial charge on any atom is 0.325 e. The van der Waals surface area contributed by atoms with Crippen LogP contribution >= 0.6 is 0 Å². The Morgan fingerprint density at radius 3 is 1.02 bits per heavy atom. The fraction of sp³-hybridized carbons (Fsp3) is 0.750. The van der Waals surface area contributed by atoms with Gasteiger partial charge in [-0.2, -0.15) is 0 Å². The van der Waals surface area contributed by atoms with Crippen LogP contribution in [0.3, 0.4) is 0 Å². The average molecular weight is 2000 g/mol. The van der Waals surface area contributed by atoms with E-state index in [1.807, 2.05) is 0 Å². The summed E-state index contributed by atoms with van der Waals surface area (Å²) in [6.45, 7) is 5.87. The SMILES string of the molecule is CC(=O)NC1C(OC2C(CO)OC(OC3C(CO)OC(OC4C(CO)OC(O)C(NC(C)=O)C4OC(C)C(=O)NC(C)C(=O)NC(CCC(=O)NC(CCCCNC(=O)C(N)CC(N)=O)C(=O)NC(C)C(=O)O)C(N)=O)C(NC(C)=O)C3O)C(NC(C)=O)C2OC(C)C(=O)NC(C)C(=O)NC(CCC(=O)NC(CCCCNC(=O)C(N)CC(N)=O)C(=O)NC(C)C(=O)O)C(N)=O)OC(CO)C(O)C1O. The van der Waals surface area contributed by atoms with E-state index in [9.17, 15) is 147 Å². The number of aliphatic hydroxyl groups excluding tert-OH is 8. The zero-order valence-corrected chi connectivity index (χ0v) is 78.0. The van der Waals surface area contributed by atoms with Crippen LogP contribution < -0.4 is 109 Å². The Morgan fingerprint density at radius 2 is 0.662 bits per heavy atom. The van der Waals surface area contributed by atoms with Crippen LogP contribution in [-0.2, 0) is 139 Å². The molecule has 139 heavy (non-hydrogen) atoms. The molecule has 0 radical (unpaired) electrons. The molecule has 0 aromatic heterocycles. The van der Waals surface area contributed by atoms with Crippen LogP contribution in [0, 0.1) is 0 Å². The van der Waals surface area contributed by atoms with Crippen molar-refractivity contribution in [3.63, 3.8) is 0 Å². The summed E-state index contributed by atoms with van der Waals surface area (Å²) in [7, 11) is 0. The van der Waals surface area contributed by atoms with E-state index in [4.69, 9.17) is 77.0 Å². The second-order valence-electron chi connectivity index (χ2n) is 33.6. The number of carboxylic acid groups (broad SMARTS) is 2. The summed E-state index contributed by atoms with van der Waals surface area (Å²) in [5, 5.41) is 142. The molecule has 0 bridgehead atoms. The Hall–Kier alpha value is -11.4. The number of ether oxygens (including phenoxy) is 9. The van der Waals surface area contributed by atoms with Crippen molar-refractivity contribution >= 4 is 118 Å². The highest BCUT2D eigenvalue weighted by Gasteiger charge is 2.58. The molecule has 4 saturated heterocycles. The maximum atomic E-state index is 14.5. The Bertz CT molecular complexity index is 4230. The maximum absolute atomic E-state index is 14.5. The molecule has 0 aromatic rings. The largest absolute Gasteiger partial charge is 0.480 e. The third kappa shape index (κ3) is 38.3. The van der Waals surface area contributed by atoms with Gasteiger partial charge in [0.25, 0.3) is 0 Å². The number of aliphatic hydroxyl groups is 8. The van der Waals surface area contributed by atoms with Gasteiger partial charge in [0.05, 0.1) is 51.4 Å². The van der Waals surface area contributed by atoms with Gasteiger partial charge >= 0.3 is 11.9 Å². The monoisotopic (exact) mass is 2000 g/mol. The van der Waals surface area contributed by atoms with E-state index >= 15 is 0 Å². The number of nitrogens with two attached hydrogens (primary N) is 6. The number of primary amides is 4. The predicted octanol–water partition coefficient (Wildman–Crippen LogP) is -16.7. The number of carboxylic acids is 2. The Kier molecular flexibility index (Phi) is 50.1. The molecule has 0 spiro atoms. The van der Waals surface area contributed by atoms with Gasteiger partial charge in [0, 0.05) is 53.6 Å². The number of carbonyl (C=O) groups is 20. The molecule has 788 valence electrons. The van der Waals surface area contributed by atoms with E-state index in [2.05, 4.69) is 74.4 Å². The second-order valence-corrected chi connectivity index (χ2v) is 33.6. The van der Waals surface area contributed by atoms with Crippen LogP contribution in [0.2, 0.25) is 0 Å². The fourth-order valence-corrected chi connectivity index (χ4v) is 14.6. The summed E-state index contributed by atoms with van der Waals surface area (Å²) in [6.07, 6.45) is -38.9. The zero-order chi connectivity index (χ0) is 105. The van der Waals surface area contributed by atoms with Gasteiger partial charge in [0.1, 0.15) is 158 Å². The molecule has 18 amide bonds. The fourth-order valence-electron chi connectivity index (χ4n) is 14.6. The summed E-state index contributed by atoms with van der Waals surface area (Å²) < 4.78 is 55.9. The van der Waals surface area contributed by atoms with Crippen molar-refractivity contribution in [1.29, 1.82) is 0 Å². The summed E-state index contributed by atoms with van der Waals surface area (Å²) in [4.78, 5) is 258. The van der Waals surface area contributed by atoms with E-state index in [0.29, 0.717) is 0 Å². The van der Waals surface area contributed by atoms with Crippen LogP contribution in [-0.4, -0.2) is 404 Å². The first-order chi connectivity index (χ1) is 65.1. The quantitative estimate of drug-likeness (QED) is 0.0251. The molecule has 36 N–H and O–H groups in total. The first-order valence-electron chi connectivity index (χ1n) is 44.3. The summed E-state index contributed by atoms with van der Waals surface area (Å²) in [5.74, 6) is -20.5. The lowest BCUT2D eigenvalue weighted by Crippen LogP contribution is -2.72. The van der Waals surface area contributed by atoms with Gasteiger partial charge < -0.3 is 203 Å². The summed E-state index contributed by atoms with van der Waals surface area (Å²) in [5.41, 5.74) is 32.8.